The van der Waals surface area contributed by atoms with Crippen molar-refractivity contribution in [3.8, 4) is 0 Å². The molecule has 1 aliphatic carbocycles. The maximum absolute atomic E-state index is 11.1. The Morgan fingerprint density at radius 1 is 1.44 bits per heavy atom. The van der Waals surface area contributed by atoms with Crippen molar-refractivity contribution in [1.82, 2.24) is 10.2 Å². The van der Waals surface area contributed by atoms with E-state index in [2.05, 4.69) is 17.3 Å². The number of nitrogens with two attached hydrogens (primary N) is 1. The first-order chi connectivity index (χ1) is 7.70. The highest BCUT2D eigenvalue weighted by molar-refractivity contribution is 5.78. The van der Waals surface area contributed by atoms with Gasteiger partial charge >= 0.3 is 0 Å². The molecule has 1 aliphatic heterocycles. The molecule has 1 saturated heterocycles. The van der Waals surface area contributed by atoms with Gasteiger partial charge in [-0.1, -0.05) is 6.42 Å². The normalized spacial score (nSPS) is 34.7. The third kappa shape index (κ3) is 2.55. The molecular formula is C12H23N3O. The number of hydrogen-bond donors (Lipinski definition) is 2. The number of carbonyl (C=O) groups is 1. The van der Waals surface area contributed by atoms with Gasteiger partial charge in [0.1, 0.15) is 0 Å². The third-order valence-electron chi connectivity index (χ3n) is 4.08. The Bertz CT molecular complexity index is 257. The summed E-state index contributed by atoms with van der Waals surface area (Å²) in [5.74, 6) is 0.863. The minimum Gasteiger partial charge on any atom is -0.352 e. The molecule has 0 aromatic heterocycles. The fourth-order valence-corrected chi connectivity index (χ4v) is 3.17. The van der Waals surface area contributed by atoms with Crippen LogP contribution in [-0.2, 0) is 4.79 Å². The lowest BCUT2D eigenvalue weighted by molar-refractivity contribution is -0.119. The van der Waals surface area contributed by atoms with E-state index in [9.17, 15) is 4.79 Å². The summed E-state index contributed by atoms with van der Waals surface area (Å²) in [6.45, 7) is 1.78. The summed E-state index contributed by atoms with van der Waals surface area (Å²) < 4.78 is 0. The van der Waals surface area contributed by atoms with Crippen LogP contribution in [0.1, 0.15) is 32.1 Å². The second-order valence-corrected chi connectivity index (χ2v) is 5.24. The Hall–Kier alpha value is -0.610. The van der Waals surface area contributed by atoms with Crippen LogP contribution >= 0.6 is 0 Å². The van der Waals surface area contributed by atoms with E-state index in [1.807, 2.05) is 0 Å². The molecule has 0 aromatic carbocycles. The largest absolute Gasteiger partial charge is 0.352 e. The molecule has 4 nitrogen and oxygen atoms in total. The van der Waals surface area contributed by atoms with E-state index in [1.54, 1.807) is 0 Å². The Morgan fingerprint density at radius 2 is 2.25 bits per heavy atom. The molecular weight excluding hydrogens is 202 g/mol. The zero-order valence-corrected chi connectivity index (χ0v) is 10.1. The first-order valence-electron chi connectivity index (χ1n) is 6.40. The summed E-state index contributed by atoms with van der Waals surface area (Å²) in [5.41, 5.74) is 5.80. The van der Waals surface area contributed by atoms with E-state index in [0.717, 1.165) is 19.5 Å². The van der Waals surface area contributed by atoms with Gasteiger partial charge in [-0.15, -0.1) is 0 Å². The molecule has 0 aromatic rings. The fraction of sp³-hybridized carbons (Fsp3) is 0.917. The van der Waals surface area contributed by atoms with Crippen LogP contribution in [0.4, 0.5) is 0 Å². The predicted octanol–water partition coefficient (Wildman–Crippen LogP) is 0.324. The lowest BCUT2D eigenvalue weighted by Gasteiger charge is -2.31. The maximum atomic E-state index is 11.1. The molecule has 92 valence electrons. The Morgan fingerprint density at radius 3 is 2.88 bits per heavy atom. The van der Waals surface area contributed by atoms with Gasteiger partial charge in [-0.3, -0.25) is 4.79 Å². The lowest BCUT2D eigenvalue weighted by atomic mass is 10.0. The molecule has 0 bridgehead atoms. The number of nitrogens with zero attached hydrogens (tertiary/aromatic N) is 1. The zero-order valence-electron chi connectivity index (χ0n) is 10.1. The number of carbonyl (C=O) groups excluding carboxylic acids is 1. The van der Waals surface area contributed by atoms with Crippen LogP contribution in [-0.4, -0.2) is 43.0 Å². The molecule has 3 N–H and O–H groups in total. The van der Waals surface area contributed by atoms with E-state index in [1.165, 1.54) is 19.3 Å². The molecule has 16 heavy (non-hydrogen) atoms. The number of amides is 1. The smallest absolute Gasteiger partial charge is 0.220 e. The van der Waals surface area contributed by atoms with Crippen molar-refractivity contribution in [2.45, 2.75) is 44.2 Å². The molecule has 4 heteroatoms. The highest BCUT2D eigenvalue weighted by Gasteiger charge is 2.31. The van der Waals surface area contributed by atoms with Crippen molar-refractivity contribution < 1.29 is 4.79 Å². The molecule has 1 amide bonds. The topological polar surface area (TPSA) is 58.4 Å². The maximum Gasteiger partial charge on any atom is 0.220 e. The Kier molecular flexibility index (Phi) is 3.82. The quantitative estimate of drug-likeness (QED) is 0.724. The Balaban J connectivity index is 1.82. The zero-order chi connectivity index (χ0) is 11.5. The van der Waals surface area contributed by atoms with Crippen molar-refractivity contribution >= 4 is 5.91 Å². The van der Waals surface area contributed by atoms with Gasteiger partial charge in [-0.05, 0) is 38.8 Å². The van der Waals surface area contributed by atoms with E-state index >= 15 is 0 Å². The van der Waals surface area contributed by atoms with E-state index in [4.69, 9.17) is 5.73 Å². The minimum atomic E-state index is 0.209. The number of nitrogens with one attached hydrogen (secondary N) is 1. The first-order valence-corrected chi connectivity index (χ1v) is 6.40. The molecule has 3 unspecified atom stereocenters. The first kappa shape index (κ1) is 11.9. The van der Waals surface area contributed by atoms with Crippen molar-refractivity contribution in [2.24, 2.45) is 11.7 Å². The lowest BCUT2D eigenvalue weighted by Crippen LogP contribution is -2.44. The van der Waals surface area contributed by atoms with Gasteiger partial charge < -0.3 is 16.0 Å². The second kappa shape index (κ2) is 5.15. The monoisotopic (exact) mass is 225 g/mol. The van der Waals surface area contributed by atoms with Gasteiger partial charge in [0.25, 0.3) is 0 Å². The van der Waals surface area contributed by atoms with Crippen LogP contribution < -0.4 is 11.1 Å². The van der Waals surface area contributed by atoms with Gasteiger partial charge in [0.05, 0.1) is 0 Å². The summed E-state index contributed by atoms with van der Waals surface area (Å²) in [6.07, 6.45) is 5.52. The fourth-order valence-electron chi connectivity index (χ4n) is 3.17. The summed E-state index contributed by atoms with van der Waals surface area (Å²) in [5, 5.41) is 3.03. The third-order valence-corrected chi connectivity index (χ3v) is 4.08. The number of rotatable bonds is 4. The van der Waals surface area contributed by atoms with Crippen molar-refractivity contribution in [1.29, 1.82) is 0 Å². The highest BCUT2D eigenvalue weighted by Crippen LogP contribution is 2.28. The van der Waals surface area contributed by atoms with Crippen LogP contribution in [0, 0.1) is 5.92 Å². The number of likely N-dealkylation sites (N-methyl/N-ethyl adjacent to an activating group) is 1. The van der Waals surface area contributed by atoms with Crippen LogP contribution in [0.2, 0.25) is 0 Å². The summed E-state index contributed by atoms with van der Waals surface area (Å²) in [4.78, 5) is 13.5. The summed E-state index contributed by atoms with van der Waals surface area (Å²) in [7, 11) is 2.17. The summed E-state index contributed by atoms with van der Waals surface area (Å²) >= 11 is 0. The van der Waals surface area contributed by atoms with Gasteiger partial charge in [0, 0.05) is 25.0 Å². The SMILES string of the molecule is CN(CC1CCC(=O)N1)C1CCCC1CN. The average Bonchev–Trinajstić information content (AvgIpc) is 2.86. The standard InChI is InChI=1S/C12H23N3O/c1-15(8-10-5-6-12(16)14-10)11-4-2-3-9(11)7-13/h9-11H,2-8,13H2,1H3,(H,14,16). The molecule has 2 fully saturated rings. The highest BCUT2D eigenvalue weighted by atomic mass is 16.1. The molecule has 1 heterocycles. The second-order valence-electron chi connectivity index (χ2n) is 5.24. The molecule has 2 rings (SSSR count). The predicted molar refractivity (Wildman–Crippen MR) is 64.0 cm³/mol. The molecule has 3 atom stereocenters. The van der Waals surface area contributed by atoms with Gasteiger partial charge in [0.2, 0.25) is 5.91 Å². The molecule has 0 radical (unpaired) electrons. The van der Waals surface area contributed by atoms with E-state index in [0.29, 0.717) is 24.4 Å². The Labute approximate surface area is 97.6 Å². The van der Waals surface area contributed by atoms with E-state index < -0.39 is 0 Å². The van der Waals surface area contributed by atoms with Crippen LogP contribution in [0.3, 0.4) is 0 Å². The molecule has 1 saturated carbocycles. The molecule has 0 spiro atoms. The van der Waals surface area contributed by atoms with Crippen molar-refractivity contribution in [3.05, 3.63) is 0 Å². The van der Waals surface area contributed by atoms with Crippen molar-refractivity contribution in [2.75, 3.05) is 20.1 Å². The van der Waals surface area contributed by atoms with Crippen LogP contribution in [0.25, 0.3) is 0 Å². The average molecular weight is 225 g/mol. The summed E-state index contributed by atoms with van der Waals surface area (Å²) in [6, 6.07) is 0.985. The van der Waals surface area contributed by atoms with Crippen molar-refractivity contribution in [3.63, 3.8) is 0 Å². The van der Waals surface area contributed by atoms with Gasteiger partial charge in [-0.2, -0.15) is 0 Å². The van der Waals surface area contributed by atoms with Gasteiger partial charge in [-0.25, -0.2) is 0 Å². The van der Waals surface area contributed by atoms with Crippen LogP contribution in [0.5, 0.6) is 0 Å². The van der Waals surface area contributed by atoms with Gasteiger partial charge in [0.15, 0.2) is 0 Å². The molecule has 2 aliphatic rings. The van der Waals surface area contributed by atoms with Crippen LogP contribution in [0.15, 0.2) is 0 Å². The number of hydrogen-bond acceptors (Lipinski definition) is 3. The minimum absolute atomic E-state index is 0.209. The van der Waals surface area contributed by atoms with E-state index in [-0.39, 0.29) is 5.91 Å².